The quantitative estimate of drug-likeness (QED) is 0.272. The minimum Gasteiger partial charge on any atom is -0.313 e. The first-order chi connectivity index (χ1) is 4.00. The summed E-state index contributed by atoms with van der Waals surface area (Å²) in [5.41, 5.74) is 4.02. The lowest BCUT2D eigenvalue weighted by Gasteiger charge is -1.84. The summed E-state index contributed by atoms with van der Waals surface area (Å²) in [6, 6.07) is 0. The van der Waals surface area contributed by atoms with Gasteiger partial charge in [-0.3, -0.25) is 4.55 Å². The van der Waals surface area contributed by atoms with Gasteiger partial charge in [-0.05, 0) is 0 Å². The van der Waals surface area contributed by atoms with E-state index in [9.17, 15) is 8.42 Å². The monoisotopic (exact) mass is 193 g/mol. The van der Waals surface area contributed by atoms with Crippen molar-refractivity contribution in [2.24, 2.45) is 5.50 Å². The Labute approximate surface area is 57.8 Å². The number of rotatable bonds is 0. The topological polar surface area (TPSA) is 138 Å². The Morgan fingerprint density at radius 3 is 1.40 bits per heavy atom. The van der Waals surface area contributed by atoms with Crippen LogP contribution in [-0.4, -0.2) is 29.0 Å². The van der Waals surface area contributed by atoms with Gasteiger partial charge in [-0.1, -0.05) is 0 Å². The number of nitrogens with two attached hydrogens (primary N) is 1. The van der Waals surface area contributed by atoms with Gasteiger partial charge in [0.2, 0.25) is 0 Å². The van der Waals surface area contributed by atoms with Gasteiger partial charge in [0.1, 0.15) is 0 Å². The molecule has 0 spiro atoms. The summed E-state index contributed by atoms with van der Waals surface area (Å²) in [5.74, 6) is 0. The maximum atomic E-state index is 9.19. The Kier molecular flexibility index (Phi) is 5.09. The van der Waals surface area contributed by atoms with Crippen LogP contribution in [0.3, 0.4) is 0 Å². The molecule has 0 amide bonds. The van der Waals surface area contributed by atoms with Crippen molar-refractivity contribution in [3.8, 4) is 0 Å². The Bertz CT molecular complexity index is 196. The zero-order valence-corrected chi connectivity index (χ0v) is 6.71. The standard InChI is InChI=1S/CH4O3S.H4NO3P/c2*1-5(2,3)4/h1H3,(H,2,3,4);(H4,1,2,3,4). The maximum absolute atomic E-state index is 9.19. The summed E-state index contributed by atoms with van der Waals surface area (Å²) in [7, 11) is -7.81. The lowest BCUT2D eigenvalue weighted by Crippen LogP contribution is -1.88. The fourth-order valence-corrected chi connectivity index (χ4v) is 0. The highest BCUT2D eigenvalue weighted by Gasteiger charge is 1.96. The molecule has 0 aliphatic heterocycles. The van der Waals surface area contributed by atoms with Gasteiger partial charge < -0.3 is 9.79 Å². The van der Waals surface area contributed by atoms with Crippen LogP contribution in [0.4, 0.5) is 0 Å². The minimum atomic E-state index is -4.14. The van der Waals surface area contributed by atoms with Gasteiger partial charge in [-0.15, -0.1) is 0 Å². The van der Waals surface area contributed by atoms with Crippen LogP contribution in [0.5, 0.6) is 0 Å². The summed E-state index contributed by atoms with van der Waals surface area (Å²) < 4.78 is 35.0. The first kappa shape index (κ1) is 12.7. The number of hydrogen-bond acceptors (Lipinski definition) is 3. The summed E-state index contributed by atoms with van der Waals surface area (Å²) in [4.78, 5) is 14.8. The molecular weight excluding hydrogens is 185 g/mol. The Morgan fingerprint density at radius 1 is 1.40 bits per heavy atom. The molecule has 0 aliphatic rings. The molecule has 5 N–H and O–H groups in total. The van der Waals surface area contributed by atoms with E-state index in [0.717, 1.165) is 0 Å². The van der Waals surface area contributed by atoms with Crippen molar-refractivity contribution in [3.63, 3.8) is 0 Å². The molecule has 7 nitrogen and oxygen atoms in total. The number of hydrogen-bond donors (Lipinski definition) is 4. The molecule has 9 heteroatoms. The van der Waals surface area contributed by atoms with Crippen molar-refractivity contribution in [2.45, 2.75) is 0 Å². The van der Waals surface area contributed by atoms with Gasteiger partial charge in [0.15, 0.2) is 0 Å². The molecular formula is CH8NO6PS. The smallest absolute Gasteiger partial charge is 0.313 e. The second kappa shape index (κ2) is 4.02. The van der Waals surface area contributed by atoms with E-state index in [0.29, 0.717) is 6.26 Å². The molecule has 0 atom stereocenters. The highest BCUT2D eigenvalue weighted by Crippen LogP contribution is 2.20. The van der Waals surface area contributed by atoms with Crippen LogP contribution >= 0.6 is 7.75 Å². The molecule has 0 aromatic heterocycles. The lowest BCUT2D eigenvalue weighted by molar-refractivity contribution is 0.374. The first-order valence-electron chi connectivity index (χ1n) is 1.76. The van der Waals surface area contributed by atoms with Crippen LogP contribution in [0, 0.1) is 0 Å². The van der Waals surface area contributed by atoms with Crippen molar-refractivity contribution < 1.29 is 27.3 Å². The van der Waals surface area contributed by atoms with Gasteiger partial charge in [0.25, 0.3) is 10.1 Å². The lowest BCUT2D eigenvalue weighted by atomic mass is 12.0. The predicted octanol–water partition coefficient (Wildman–Crippen LogP) is -1.46. The molecule has 0 aromatic carbocycles. The van der Waals surface area contributed by atoms with E-state index in [1.807, 2.05) is 0 Å². The molecule has 0 aromatic rings. The minimum absolute atomic E-state index is 0.715. The second-order valence-electron chi connectivity index (χ2n) is 1.32. The molecule has 64 valence electrons. The summed E-state index contributed by atoms with van der Waals surface area (Å²) >= 11 is 0. The molecule has 0 saturated heterocycles. The zero-order valence-electron chi connectivity index (χ0n) is 5.00. The highest BCUT2D eigenvalue weighted by molar-refractivity contribution is 7.85. The predicted molar refractivity (Wildman–Crippen MR) is 33.7 cm³/mol. The molecule has 0 saturated carbocycles. The van der Waals surface area contributed by atoms with Crippen LogP contribution in [0.25, 0.3) is 0 Å². The fourth-order valence-electron chi connectivity index (χ4n) is 0. The van der Waals surface area contributed by atoms with Crippen LogP contribution in [-0.2, 0) is 14.7 Å². The Morgan fingerprint density at radius 2 is 1.40 bits per heavy atom. The first-order valence-corrected chi connectivity index (χ1v) is 5.29. The molecule has 10 heavy (non-hydrogen) atoms. The summed E-state index contributed by atoms with van der Waals surface area (Å²) in [5, 5.41) is 0. The van der Waals surface area contributed by atoms with Gasteiger partial charge in [-0.2, -0.15) is 8.42 Å². The van der Waals surface area contributed by atoms with Crippen LogP contribution < -0.4 is 5.50 Å². The van der Waals surface area contributed by atoms with Crippen molar-refractivity contribution >= 4 is 17.9 Å². The Balaban J connectivity index is 0. The molecule has 0 fully saturated rings. The van der Waals surface area contributed by atoms with Crippen molar-refractivity contribution in [3.05, 3.63) is 0 Å². The maximum Gasteiger partial charge on any atom is 0.397 e. The van der Waals surface area contributed by atoms with Gasteiger partial charge in [-0.25, -0.2) is 10.1 Å². The van der Waals surface area contributed by atoms with E-state index >= 15 is 0 Å². The van der Waals surface area contributed by atoms with Crippen molar-refractivity contribution in [2.75, 3.05) is 6.26 Å². The van der Waals surface area contributed by atoms with E-state index < -0.39 is 17.9 Å². The second-order valence-corrected chi connectivity index (χ2v) is 3.97. The third-order valence-electron chi connectivity index (χ3n) is 0. The SMILES string of the molecule is CS(=O)(=O)O.NP(=O)(O)O. The molecule has 0 unspecified atom stereocenters. The highest BCUT2D eigenvalue weighted by atomic mass is 32.2. The average Bonchev–Trinajstić information content (AvgIpc) is 1.12. The fraction of sp³-hybridized carbons (Fsp3) is 1.00. The van der Waals surface area contributed by atoms with E-state index in [2.05, 4.69) is 5.50 Å². The van der Waals surface area contributed by atoms with Crippen LogP contribution in [0.15, 0.2) is 0 Å². The van der Waals surface area contributed by atoms with E-state index in [1.165, 1.54) is 0 Å². The van der Waals surface area contributed by atoms with Gasteiger partial charge in [0, 0.05) is 0 Å². The molecule has 0 bridgehead atoms. The largest absolute Gasteiger partial charge is 0.397 e. The Hall–Kier alpha value is 0.0200. The van der Waals surface area contributed by atoms with E-state index in [4.69, 9.17) is 18.9 Å². The van der Waals surface area contributed by atoms with Crippen molar-refractivity contribution in [1.82, 2.24) is 0 Å². The molecule has 0 radical (unpaired) electrons. The van der Waals surface area contributed by atoms with Crippen molar-refractivity contribution in [1.29, 1.82) is 0 Å². The van der Waals surface area contributed by atoms with Gasteiger partial charge in [0.05, 0.1) is 6.26 Å². The third-order valence-corrected chi connectivity index (χ3v) is 0. The molecule has 0 rings (SSSR count). The molecule has 0 heterocycles. The van der Waals surface area contributed by atoms with Gasteiger partial charge >= 0.3 is 7.75 Å². The third kappa shape index (κ3) is 988000. The average molecular weight is 193 g/mol. The van der Waals surface area contributed by atoms with Crippen LogP contribution in [0.1, 0.15) is 0 Å². The zero-order chi connectivity index (χ0) is 9.00. The van der Waals surface area contributed by atoms with E-state index in [-0.39, 0.29) is 0 Å². The van der Waals surface area contributed by atoms with Crippen LogP contribution in [0.2, 0.25) is 0 Å². The summed E-state index contributed by atoms with van der Waals surface area (Å²) in [6.45, 7) is 0. The normalized spacial score (nSPS) is 11.7. The van der Waals surface area contributed by atoms with E-state index in [1.54, 1.807) is 0 Å². The molecule has 0 aliphatic carbocycles. The summed E-state index contributed by atoms with van der Waals surface area (Å²) in [6.07, 6.45) is 0.715.